The van der Waals surface area contributed by atoms with Crippen molar-refractivity contribution in [2.24, 2.45) is 0 Å². The molecule has 0 bridgehead atoms. The quantitative estimate of drug-likeness (QED) is 0.867. The zero-order valence-corrected chi connectivity index (χ0v) is 10.7. The van der Waals surface area contributed by atoms with Crippen molar-refractivity contribution in [1.82, 2.24) is 9.55 Å². The van der Waals surface area contributed by atoms with Crippen molar-refractivity contribution in [3.05, 3.63) is 57.2 Å². The van der Waals surface area contributed by atoms with Gasteiger partial charge in [0.05, 0.1) is 18.4 Å². The monoisotopic (exact) mass is 303 g/mol. The lowest BCUT2D eigenvalue weighted by Crippen LogP contribution is -2.24. The summed E-state index contributed by atoms with van der Waals surface area (Å²) in [6, 6.07) is 4.68. The summed E-state index contributed by atoms with van der Waals surface area (Å²) in [5.41, 5.74) is 4.13. The Morgan fingerprint density at radius 1 is 1.35 bits per heavy atom. The van der Waals surface area contributed by atoms with Crippen molar-refractivity contribution in [2.75, 3.05) is 5.73 Å². The van der Waals surface area contributed by atoms with Gasteiger partial charge in [-0.25, -0.2) is 4.98 Å². The van der Waals surface area contributed by atoms with Crippen molar-refractivity contribution in [2.45, 2.75) is 12.7 Å². The summed E-state index contributed by atoms with van der Waals surface area (Å²) in [6.07, 6.45) is -3.29. The third kappa shape index (κ3) is 2.93. The number of aromatic nitrogens is 2. The highest BCUT2D eigenvalue weighted by molar-refractivity contribution is 6.31. The van der Waals surface area contributed by atoms with Crippen LogP contribution in [-0.2, 0) is 12.7 Å². The second kappa shape index (κ2) is 5.16. The molecule has 0 aliphatic rings. The molecule has 1 heterocycles. The van der Waals surface area contributed by atoms with Gasteiger partial charge < -0.3 is 5.73 Å². The molecule has 0 amide bonds. The number of nitrogens with zero attached hydrogens (tertiary/aromatic N) is 2. The molecule has 0 aliphatic heterocycles. The maximum Gasteiger partial charge on any atom is 0.416 e. The van der Waals surface area contributed by atoms with E-state index in [9.17, 15) is 18.0 Å². The van der Waals surface area contributed by atoms with Crippen molar-refractivity contribution in [3.8, 4) is 0 Å². The first-order chi connectivity index (χ1) is 9.29. The first-order valence-electron chi connectivity index (χ1n) is 5.45. The van der Waals surface area contributed by atoms with E-state index in [0.29, 0.717) is 5.56 Å². The number of hydrogen-bond acceptors (Lipinski definition) is 3. The van der Waals surface area contributed by atoms with Crippen LogP contribution in [0.5, 0.6) is 0 Å². The number of rotatable bonds is 2. The third-order valence-electron chi connectivity index (χ3n) is 2.63. The summed E-state index contributed by atoms with van der Waals surface area (Å²) in [4.78, 5) is 15.5. The minimum atomic E-state index is -4.43. The number of nitrogens with two attached hydrogens (primary N) is 1. The molecule has 0 saturated heterocycles. The Bertz CT molecular complexity index is 697. The van der Waals surface area contributed by atoms with Gasteiger partial charge in [-0.15, -0.1) is 0 Å². The van der Waals surface area contributed by atoms with E-state index in [0.717, 1.165) is 23.0 Å². The van der Waals surface area contributed by atoms with Crippen LogP contribution in [0.1, 0.15) is 11.1 Å². The maximum absolute atomic E-state index is 12.6. The summed E-state index contributed by atoms with van der Waals surface area (Å²) < 4.78 is 38.8. The zero-order valence-electron chi connectivity index (χ0n) is 9.99. The Labute approximate surface area is 116 Å². The number of hydrogen-bond donors (Lipinski definition) is 1. The SMILES string of the molecule is Nc1c(Cl)ncn(Cc2cccc(C(F)(F)F)c2)c1=O. The number of nitrogen functional groups attached to an aromatic ring is 1. The predicted octanol–water partition coefficient (Wildman–Crippen LogP) is 2.55. The molecule has 4 nitrogen and oxygen atoms in total. The molecule has 20 heavy (non-hydrogen) atoms. The van der Waals surface area contributed by atoms with Crippen LogP contribution < -0.4 is 11.3 Å². The molecule has 0 unspecified atom stereocenters. The molecule has 1 aromatic heterocycles. The van der Waals surface area contributed by atoms with E-state index in [4.69, 9.17) is 17.3 Å². The van der Waals surface area contributed by atoms with Gasteiger partial charge in [-0.3, -0.25) is 9.36 Å². The third-order valence-corrected chi connectivity index (χ3v) is 2.93. The summed E-state index contributed by atoms with van der Waals surface area (Å²) in [6.45, 7) is -0.0723. The minimum absolute atomic E-state index is 0.0723. The first-order valence-corrected chi connectivity index (χ1v) is 5.83. The molecule has 8 heteroatoms. The van der Waals surface area contributed by atoms with E-state index in [1.807, 2.05) is 0 Å². The summed E-state index contributed by atoms with van der Waals surface area (Å²) in [7, 11) is 0. The molecule has 2 rings (SSSR count). The van der Waals surface area contributed by atoms with Crippen LogP contribution >= 0.6 is 11.6 Å². The summed E-state index contributed by atoms with van der Waals surface area (Å²) in [5.74, 6) is 0. The second-order valence-corrected chi connectivity index (χ2v) is 4.44. The number of anilines is 1. The lowest BCUT2D eigenvalue weighted by Gasteiger charge is -2.10. The van der Waals surface area contributed by atoms with Gasteiger partial charge in [-0.2, -0.15) is 13.2 Å². The number of benzene rings is 1. The fourth-order valence-corrected chi connectivity index (χ4v) is 1.77. The number of alkyl halides is 3. The standard InChI is InChI=1S/C12H9ClF3N3O/c13-10-9(17)11(20)19(6-18-10)5-7-2-1-3-8(4-7)12(14,15)16/h1-4,6H,5,17H2. The van der Waals surface area contributed by atoms with Gasteiger partial charge >= 0.3 is 6.18 Å². The van der Waals surface area contributed by atoms with Crippen LogP contribution in [0, 0.1) is 0 Å². The van der Waals surface area contributed by atoms with Gasteiger partial charge in [0.25, 0.3) is 5.56 Å². The summed E-state index contributed by atoms with van der Waals surface area (Å²) in [5, 5.41) is -0.129. The molecular weight excluding hydrogens is 295 g/mol. The van der Waals surface area contributed by atoms with E-state index < -0.39 is 17.3 Å². The predicted molar refractivity (Wildman–Crippen MR) is 68.5 cm³/mol. The fourth-order valence-electron chi connectivity index (χ4n) is 1.64. The average molecular weight is 304 g/mol. The number of halogens is 4. The Hall–Kier alpha value is -2.02. The molecule has 0 fully saturated rings. The van der Waals surface area contributed by atoms with E-state index in [1.165, 1.54) is 12.1 Å². The van der Waals surface area contributed by atoms with Gasteiger partial charge in [0.1, 0.15) is 5.69 Å². The average Bonchev–Trinajstić information content (AvgIpc) is 2.39. The van der Waals surface area contributed by atoms with Crippen molar-refractivity contribution in [3.63, 3.8) is 0 Å². The Balaban J connectivity index is 2.36. The van der Waals surface area contributed by atoms with Gasteiger partial charge in [-0.05, 0) is 17.7 Å². The van der Waals surface area contributed by atoms with Crippen molar-refractivity contribution in [1.29, 1.82) is 0 Å². The molecule has 1 aromatic carbocycles. The lowest BCUT2D eigenvalue weighted by atomic mass is 10.1. The van der Waals surface area contributed by atoms with Crippen LogP contribution in [0.3, 0.4) is 0 Å². The smallest absolute Gasteiger partial charge is 0.392 e. The van der Waals surface area contributed by atoms with Crippen molar-refractivity contribution < 1.29 is 13.2 Å². The van der Waals surface area contributed by atoms with Crippen molar-refractivity contribution >= 4 is 17.3 Å². The molecule has 0 aliphatic carbocycles. The van der Waals surface area contributed by atoms with E-state index in [-0.39, 0.29) is 17.4 Å². The Kier molecular flexibility index (Phi) is 3.71. The molecular formula is C12H9ClF3N3O. The molecule has 0 radical (unpaired) electrons. The van der Waals surface area contributed by atoms with Crippen LogP contribution in [0.25, 0.3) is 0 Å². The molecule has 0 atom stereocenters. The minimum Gasteiger partial charge on any atom is -0.392 e. The zero-order chi connectivity index (χ0) is 14.9. The fraction of sp³-hybridized carbons (Fsp3) is 0.167. The first kappa shape index (κ1) is 14.4. The molecule has 0 spiro atoms. The largest absolute Gasteiger partial charge is 0.416 e. The van der Waals surface area contributed by atoms with Crippen LogP contribution in [-0.4, -0.2) is 9.55 Å². The molecule has 2 N–H and O–H groups in total. The molecule has 0 saturated carbocycles. The maximum atomic E-state index is 12.6. The normalized spacial score (nSPS) is 11.6. The highest BCUT2D eigenvalue weighted by atomic mass is 35.5. The summed E-state index contributed by atoms with van der Waals surface area (Å²) >= 11 is 5.58. The second-order valence-electron chi connectivity index (χ2n) is 4.08. The van der Waals surface area contributed by atoms with E-state index in [1.54, 1.807) is 0 Å². The lowest BCUT2D eigenvalue weighted by molar-refractivity contribution is -0.137. The van der Waals surface area contributed by atoms with Gasteiger partial charge in [0, 0.05) is 0 Å². The molecule has 106 valence electrons. The van der Waals surface area contributed by atoms with Crippen LogP contribution in [0.15, 0.2) is 35.4 Å². The van der Waals surface area contributed by atoms with E-state index >= 15 is 0 Å². The van der Waals surface area contributed by atoms with Crippen LogP contribution in [0.4, 0.5) is 18.9 Å². The van der Waals surface area contributed by atoms with Crippen LogP contribution in [0.2, 0.25) is 5.15 Å². The Morgan fingerprint density at radius 3 is 2.70 bits per heavy atom. The molecule has 2 aromatic rings. The topological polar surface area (TPSA) is 60.9 Å². The highest BCUT2D eigenvalue weighted by Crippen LogP contribution is 2.29. The van der Waals surface area contributed by atoms with E-state index in [2.05, 4.69) is 4.98 Å². The Morgan fingerprint density at radius 2 is 2.05 bits per heavy atom. The van der Waals surface area contributed by atoms with Gasteiger partial charge in [-0.1, -0.05) is 23.7 Å². The van der Waals surface area contributed by atoms with Gasteiger partial charge in [0.15, 0.2) is 5.15 Å². The van der Waals surface area contributed by atoms with Gasteiger partial charge in [0.2, 0.25) is 0 Å². The highest BCUT2D eigenvalue weighted by Gasteiger charge is 2.30.